The Labute approximate surface area is 154 Å². The average Bonchev–Trinajstić information content (AvgIpc) is 2.53. The molecule has 1 fully saturated rings. The van der Waals surface area contributed by atoms with E-state index >= 15 is 0 Å². The van der Waals surface area contributed by atoms with Gasteiger partial charge in [0.2, 0.25) is 5.91 Å². The van der Waals surface area contributed by atoms with E-state index in [-0.39, 0.29) is 0 Å². The number of rotatable bonds is 6. The van der Waals surface area contributed by atoms with Gasteiger partial charge in [-0.1, -0.05) is 0 Å². The van der Waals surface area contributed by atoms with Gasteiger partial charge in [0.1, 0.15) is 18.2 Å². The molecule has 0 aromatic carbocycles. The van der Waals surface area contributed by atoms with Crippen molar-refractivity contribution >= 4 is 29.0 Å². The summed E-state index contributed by atoms with van der Waals surface area (Å²) in [6.45, 7) is 4.02. The molecule has 1 rings (SSSR count). The van der Waals surface area contributed by atoms with Crippen molar-refractivity contribution in [3.8, 4) is 0 Å². The van der Waals surface area contributed by atoms with Gasteiger partial charge in [-0.15, -0.1) is 0 Å². The first-order valence-electron chi connectivity index (χ1n) is 7.92. The second-order valence-electron chi connectivity index (χ2n) is 6.63. The van der Waals surface area contributed by atoms with Crippen LogP contribution in [0.15, 0.2) is 0 Å². The Kier molecular flexibility index (Phi) is 6.10. The molecule has 1 saturated heterocycles. The monoisotopic (exact) mass is 389 g/mol. The molecular weight excluding hydrogens is 366 g/mol. The van der Waals surface area contributed by atoms with E-state index in [1.165, 1.54) is 0 Å². The third kappa shape index (κ3) is 3.21. The van der Waals surface area contributed by atoms with Crippen molar-refractivity contribution in [2.75, 3.05) is 0 Å². The van der Waals surface area contributed by atoms with E-state index < -0.39 is 64.3 Å². The fraction of sp³-hybridized carbons (Fsp3) is 0.688. The number of aliphatic hydroxyl groups is 4. The normalized spacial score (nSPS) is 37.2. The molecule has 1 aliphatic heterocycles. The van der Waals surface area contributed by atoms with Crippen LogP contribution in [0.25, 0.3) is 0 Å². The summed E-state index contributed by atoms with van der Waals surface area (Å²) in [6.07, 6.45) is -4.69. The minimum absolute atomic E-state index is 0.728. The summed E-state index contributed by atoms with van der Waals surface area (Å²) in [5.41, 5.74) is -6.59. The maximum Gasteiger partial charge on any atom is 0.251 e. The number of Topliss-reactive ketones (excluding diaryl/α,β-unsaturated/α-hetero) is 4. The molecule has 1 amide bonds. The minimum atomic E-state index is -3.32. The summed E-state index contributed by atoms with van der Waals surface area (Å²) in [6, 6.07) is -2.32. The first kappa shape index (κ1) is 23.0. The summed E-state index contributed by atoms with van der Waals surface area (Å²) >= 11 is 0. The van der Waals surface area contributed by atoms with E-state index in [4.69, 9.17) is 4.74 Å². The summed E-state index contributed by atoms with van der Waals surface area (Å²) < 4.78 is 5.03. The molecule has 152 valence electrons. The van der Waals surface area contributed by atoms with E-state index in [1.807, 2.05) is 5.32 Å². The van der Waals surface area contributed by atoms with Gasteiger partial charge in [0.15, 0.2) is 34.3 Å². The van der Waals surface area contributed by atoms with Crippen LogP contribution < -0.4 is 5.32 Å². The smallest absolute Gasteiger partial charge is 0.251 e. The summed E-state index contributed by atoms with van der Waals surface area (Å²) in [5, 5.41) is 44.8. The van der Waals surface area contributed by atoms with E-state index in [2.05, 4.69) is 0 Å². The van der Waals surface area contributed by atoms with Gasteiger partial charge in [-0.2, -0.15) is 0 Å². The van der Waals surface area contributed by atoms with Gasteiger partial charge in [-0.05, 0) is 20.8 Å². The molecule has 0 spiro atoms. The van der Waals surface area contributed by atoms with Gasteiger partial charge in [-0.3, -0.25) is 24.0 Å². The summed E-state index contributed by atoms with van der Waals surface area (Å²) in [4.78, 5) is 59.8. The lowest BCUT2D eigenvalue weighted by Gasteiger charge is -2.57. The third-order valence-corrected chi connectivity index (χ3v) is 4.74. The lowest BCUT2D eigenvalue weighted by Crippen LogP contribution is -2.87. The molecule has 1 aliphatic rings. The van der Waals surface area contributed by atoms with Crippen molar-refractivity contribution in [3.63, 3.8) is 0 Å². The number of ether oxygens (including phenoxy) is 1. The highest BCUT2D eigenvalue weighted by Crippen LogP contribution is 2.45. The SMILES string of the molecule is CC(=O)N[C@H]1C(O)(C(C)=O)O[C@H](C(O)C(C)=O)[C@](O)(C(C)=O)[C@@]1(O)C(C)=O. The van der Waals surface area contributed by atoms with Crippen LogP contribution in [0, 0.1) is 0 Å². The molecule has 11 heteroatoms. The van der Waals surface area contributed by atoms with Crippen molar-refractivity contribution < 1.29 is 49.1 Å². The van der Waals surface area contributed by atoms with Gasteiger partial charge in [-0.25, -0.2) is 0 Å². The van der Waals surface area contributed by atoms with E-state index in [9.17, 15) is 44.4 Å². The highest BCUT2D eigenvalue weighted by Gasteiger charge is 2.76. The Balaban J connectivity index is 3.95. The topological polar surface area (TPSA) is 188 Å². The second-order valence-corrected chi connectivity index (χ2v) is 6.63. The van der Waals surface area contributed by atoms with Gasteiger partial charge in [0, 0.05) is 13.8 Å². The lowest BCUT2D eigenvalue weighted by atomic mass is 9.63. The molecule has 1 heterocycles. The third-order valence-electron chi connectivity index (χ3n) is 4.74. The zero-order valence-corrected chi connectivity index (χ0v) is 15.5. The van der Waals surface area contributed by atoms with Crippen molar-refractivity contribution in [3.05, 3.63) is 0 Å². The van der Waals surface area contributed by atoms with Crippen molar-refractivity contribution in [1.29, 1.82) is 0 Å². The Bertz CT molecular complexity index is 705. The van der Waals surface area contributed by atoms with Crippen LogP contribution in [-0.4, -0.2) is 84.7 Å². The molecule has 0 aromatic rings. The van der Waals surface area contributed by atoms with Crippen LogP contribution in [0.2, 0.25) is 0 Å². The van der Waals surface area contributed by atoms with Gasteiger partial charge in [0.25, 0.3) is 5.79 Å². The van der Waals surface area contributed by atoms with Crippen LogP contribution in [-0.2, 0) is 28.7 Å². The number of hydrogen-bond donors (Lipinski definition) is 5. The van der Waals surface area contributed by atoms with Crippen LogP contribution in [0.5, 0.6) is 0 Å². The summed E-state index contributed by atoms with van der Waals surface area (Å²) in [5.74, 6) is -9.01. The van der Waals surface area contributed by atoms with Gasteiger partial charge >= 0.3 is 0 Å². The number of aliphatic hydroxyl groups excluding tert-OH is 1. The van der Waals surface area contributed by atoms with Crippen LogP contribution in [0.3, 0.4) is 0 Å². The van der Waals surface area contributed by atoms with Crippen molar-refractivity contribution in [1.82, 2.24) is 5.32 Å². The Morgan fingerprint density at radius 2 is 1.30 bits per heavy atom. The quantitative estimate of drug-likeness (QED) is 0.309. The second kappa shape index (κ2) is 7.17. The van der Waals surface area contributed by atoms with E-state index in [0.717, 1.165) is 34.6 Å². The molecule has 0 aliphatic carbocycles. The molecule has 0 saturated carbocycles. The molecule has 2 unspecified atom stereocenters. The Morgan fingerprint density at radius 3 is 1.59 bits per heavy atom. The predicted molar refractivity (Wildman–Crippen MR) is 86.1 cm³/mol. The predicted octanol–water partition coefficient (Wildman–Crippen LogP) is -3.24. The summed E-state index contributed by atoms with van der Waals surface area (Å²) in [7, 11) is 0. The molecule has 5 N–H and O–H groups in total. The first-order chi connectivity index (χ1) is 12.1. The Hall–Kier alpha value is -2.05. The number of amides is 1. The zero-order chi connectivity index (χ0) is 21.5. The number of carbonyl (C=O) groups is 5. The molecule has 6 atom stereocenters. The first-order valence-corrected chi connectivity index (χ1v) is 7.92. The standard InChI is InChI=1S/C16H23NO10/c1-6(18)11(23)12-14(24,7(2)19)15(25,8(3)20)13(17-10(5)22)16(26,27-12)9(4)21/h11-13,23-26H,1-5H3,(H,17,22)/t11?,12-,13-,14-,15-,16?/m1/s1. The number of nitrogens with one attached hydrogen (secondary N) is 1. The number of ketones is 4. The fourth-order valence-corrected chi connectivity index (χ4v) is 3.21. The maximum atomic E-state index is 12.3. The van der Waals surface area contributed by atoms with Crippen molar-refractivity contribution in [2.45, 2.75) is 69.9 Å². The molecule has 0 aromatic heterocycles. The largest absolute Gasteiger partial charge is 0.382 e. The van der Waals surface area contributed by atoms with Crippen LogP contribution in [0.4, 0.5) is 0 Å². The lowest BCUT2D eigenvalue weighted by molar-refractivity contribution is -0.344. The molecule has 11 nitrogen and oxygen atoms in total. The van der Waals surface area contributed by atoms with Crippen LogP contribution in [0.1, 0.15) is 34.6 Å². The fourth-order valence-electron chi connectivity index (χ4n) is 3.21. The molecular formula is C16H23NO10. The molecule has 0 radical (unpaired) electrons. The van der Waals surface area contributed by atoms with Crippen LogP contribution >= 0.6 is 0 Å². The zero-order valence-electron chi connectivity index (χ0n) is 15.5. The number of hydrogen-bond acceptors (Lipinski definition) is 10. The molecule has 0 bridgehead atoms. The van der Waals surface area contributed by atoms with Crippen molar-refractivity contribution in [2.24, 2.45) is 0 Å². The number of carbonyl (C=O) groups excluding carboxylic acids is 5. The van der Waals surface area contributed by atoms with E-state index in [1.54, 1.807) is 0 Å². The maximum absolute atomic E-state index is 12.3. The highest BCUT2D eigenvalue weighted by atomic mass is 16.7. The molecule has 27 heavy (non-hydrogen) atoms. The highest BCUT2D eigenvalue weighted by molar-refractivity contribution is 6.02. The Morgan fingerprint density at radius 1 is 0.852 bits per heavy atom. The minimum Gasteiger partial charge on any atom is -0.382 e. The van der Waals surface area contributed by atoms with Gasteiger partial charge in [0.05, 0.1) is 0 Å². The van der Waals surface area contributed by atoms with Gasteiger partial charge < -0.3 is 30.5 Å². The average molecular weight is 389 g/mol. The van der Waals surface area contributed by atoms with E-state index in [0.29, 0.717) is 0 Å².